The van der Waals surface area contributed by atoms with Crippen LogP contribution in [0, 0.1) is 11.2 Å². The molecule has 0 saturated heterocycles. The van der Waals surface area contributed by atoms with Crippen LogP contribution in [-0.4, -0.2) is 38.1 Å². The number of carbonyl (C=O) groups excluding carboxylic acids is 1. The monoisotopic (exact) mass is 268 g/mol. The van der Waals surface area contributed by atoms with Crippen molar-refractivity contribution in [1.82, 2.24) is 4.90 Å². The minimum absolute atomic E-state index is 0.0414. The highest BCUT2D eigenvalue weighted by Gasteiger charge is 2.25. The van der Waals surface area contributed by atoms with Gasteiger partial charge in [0.1, 0.15) is 17.1 Å². The van der Waals surface area contributed by atoms with Gasteiger partial charge >= 0.3 is 0 Å². The third-order valence-electron chi connectivity index (χ3n) is 2.97. The van der Waals surface area contributed by atoms with Crippen molar-refractivity contribution < 1.29 is 13.9 Å². The molecule has 4 nitrogen and oxygen atoms in total. The quantitative estimate of drug-likeness (QED) is 0.887. The highest BCUT2D eigenvalue weighted by atomic mass is 19.1. The molecule has 5 heteroatoms. The van der Waals surface area contributed by atoms with Crippen molar-refractivity contribution in [2.75, 3.05) is 27.2 Å². The van der Waals surface area contributed by atoms with Gasteiger partial charge in [-0.3, -0.25) is 4.79 Å². The third-order valence-corrected chi connectivity index (χ3v) is 2.97. The zero-order valence-electron chi connectivity index (χ0n) is 11.9. The van der Waals surface area contributed by atoms with Gasteiger partial charge in [-0.1, -0.05) is 19.9 Å². The summed E-state index contributed by atoms with van der Waals surface area (Å²) in [7, 11) is 3.04. The Kier molecular flexibility index (Phi) is 4.89. The van der Waals surface area contributed by atoms with E-state index in [2.05, 4.69) is 0 Å². The second-order valence-corrected chi connectivity index (χ2v) is 5.35. The number of halogens is 1. The summed E-state index contributed by atoms with van der Waals surface area (Å²) in [5.41, 5.74) is 5.38. The molecule has 106 valence electrons. The molecule has 1 aromatic carbocycles. The Labute approximate surface area is 113 Å². The van der Waals surface area contributed by atoms with Crippen LogP contribution in [-0.2, 0) is 0 Å². The highest BCUT2D eigenvalue weighted by molar-refractivity contribution is 5.97. The average Bonchev–Trinajstić information content (AvgIpc) is 2.37. The first-order chi connectivity index (χ1) is 8.82. The summed E-state index contributed by atoms with van der Waals surface area (Å²) in [5, 5.41) is 0. The first kappa shape index (κ1) is 15.4. The molecule has 0 aliphatic rings. The van der Waals surface area contributed by atoms with Crippen LogP contribution >= 0.6 is 0 Å². The van der Waals surface area contributed by atoms with Gasteiger partial charge in [-0.2, -0.15) is 0 Å². The van der Waals surface area contributed by atoms with Crippen LogP contribution in [0.25, 0.3) is 0 Å². The number of hydrogen-bond donors (Lipinski definition) is 1. The Bertz CT molecular complexity index is 461. The van der Waals surface area contributed by atoms with Gasteiger partial charge in [-0.15, -0.1) is 0 Å². The van der Waals surface area contributed by atoms with E-state index in [1.54, 1.807) is 13.1 Å². The topological polar surface area (TPSA) is 55.6 Å². The molecule has 0 aliphatic heterocycles. The van der Waals surface area contributed by atoms with Crippen molar-refractivity contribution in [2.24, 2.45) is 11.1 Å². The molecule has 0 bridgehead atoms. The van der Waals surface area contributed by atoms with Gasteiger partial charge in [0.2, 0.25) is 0 Å². The molecule has 1 rings (SSSR count). The SMILES string of the molecule is COc1cccc(F)c1C(=O)N(C)CC(C)(C)CN. The molecule has 0 fully saturated rings. The van der Waals surface area contributed by atoms with Gasteiger partial charge < -0.3 is 15.4 Å². The highest BCUT2D eigenvalue weighted by Crippen LogP contribution is 2.24. The normalized spacial score (nSPS) is 11.3. The summed E-state index contributed by atoms with van der Waals surface area (Å²) in [6.45, 7) is 4.80. The number of ether oxygens (including phenoxy) is 1. The predicted octanol–water partition coefficient (Wildman–Crippen LogP) is 1.89. The Morgan fingerprint density at radius 2 is 2.11 bits per heavy atom. The van der Waals surface area contributed by atoms with E-state index in [1.807, 2.05) is 13.8 Å². The van der Waals surface area contributed by atoms with Crippen molar-refractivity contribution >= 4 is 5.91 Å². The molecule has 0 saturated carbocycles. The molecule has 0 atom stereocenters. The summed E-state index contributed by atoms with van der Waals surface area (Å²) in [6, 6.07) is 4.32. The lowest BCUT2D eigenvalue weighted by atomic mass is 9.93. The first-order valence-corrected chi connectivity index (χ1v) is 6.10. The summed E-state index contributed by atoms with van der Waals surface area (Å²) in [6.07, 6.45) is 0. The zero-order chi connectivity index (χ0) is 14.6. The lowest BCUT2D eigenvalue weighted by Gasteiger charge is -2.29. The second-order valence-electron chi connectivity index (χ2n) is 5.35. The molecule has 0 unspecified atom stereocenters. The Balaban J connectivity index is 3.01. The van der Waals surface area contributed by atoms with Crippen LogP contribution in [0.2, 0.25) is 0 Å². The molecule has 1 aromatic rings. The zero-order valence-corrected chi connectivity index (χ0v) is 11.9. The standard InChI is InChI=1S/C14H21FN2O2/c1-14(2,8-16)9-17(3)13(18)12-10(15)6-5-7-11(12)19-4/h5-7H,8-9,16H2,1-4H3. The molecule has 19 heavy (non-hydrogen) atoms. The van der Waals surface area contributed by atoms with Gasteiger partial charge in [0.05, 0.1) is 7.11 Å². The number of nitrogens with two attached hydrogens (primary N) is 1. The van der Waals surface area contributed by atoms with E-state index >= 15 is 0 Å². The maximum Gasteiger partial charge on any atom is 0.260 e. The fourth-order valence-electron chi connectivity index (χ4n) is 1.85. The minimum Gasteiger partial charge on any atom is -0.496 e. The van der Waals surface area contributed by atoms with Crippen molar-refractivity contribution in [2.45, 2.75) is 13.8 Å². The van der Waals surface area contributed by atoms with Gasteiger partial charge in [0.25, 0.3) is 5.91 Å². The van der Waals surface area contributed by atoms with Crippen LogP contribution < -0.4 is 10.5 Å². The Hall–Kier alpha value is -1.62. The van der Waals surface area contributed by atoms with Crippen molar-refractivity contribution in [3.63, 3.8) is 0 Å². The fourth-order valence-corrected chi connectivity index (χ4v) is 1.85. The number of carbonyl (C=O) groups is 1. The van der Waals surface area contributed by atoms with Gasteiger partial charge in [-0.25, -0.2) is 4.39 Å². The van der Waals surface area contributed by atoms with E-state index in [0.717, 1.165) is 0 Å². The van der Waals surface area contributed by atoms with E-state index in [0.29, 0.717) is 13.1 Å². The lowest BCUT2D eigenvalue weighted by molar-refractivity contribution is 0.0732. The lowest BCUT2D eigenvalue weighted by Crippen LogP contribution is -2.40. The smallest absolute Gasteiger partial charge is 0.260 e. The molecule has 1 amide bonds. The van der Waals surface area contributed by atoms with Crippen LogP contribution in [0.1, 0.15) is 24.2 Å². The molecule has 0 aliphatic carbocycles. The summed E-state index contributed by atoms with van der Waals surface area (Å²) >= 11 is 0. The molecular weight excluding hydrogens is 247 g/mol. The largest absolute Gasteiger partial charge is 0.496 e. The van der Waals surface area contributed by atoms with Crippen LogP contribution in [0.4, 0.5) is 4.39 Å². The molecule has 0 heterocycles. The van der Waals surface area contributed by atoms with Crippen molar-refractivity contribution in [1.29, 1.82) is 0 Å². The van der Waals surface area contributed by atoms with Crippen molar-refractivity contribution in [3.8, 4) is 5.75 Å². The molecule has 0 aromatic heterocycles. The Morgan fingerprint density at radius 3 is 2.63 bits per heavy atom. The van der Waals surface area contributed by atoms with E-state index in [1.165, 1.54) is 24.1 Å². The molecule has 0 radical (unpaired) electrons. The van der Waals surface area contributed by atoms with E-state index in [-0.39, 0.29) is 16.7 Å². The van der Waals surface area contributed by atoms with Crippen LogP contribution in [0.5, 0.6) is 5.75 Å². The van der Waals surface area contributed by atoms with Gasteiger partial charge in [-0.05, 0) is 24.1 Å². The predicted molar refractivity (Wildman–Crippen MR) is 72.7 cm³/mol. The third kappa shape index (κ3) is 3.67. The van der Waals surface area contributed by atoms with E-state index in [4.69, 9.17) is 10.5 Å². The first-order valence-electron chi connectivity index (χ1n) is 6.10. The number of benzene rings is 1. The average molecular weight is 268 g/mol. The van der Waals surface area contributed by atoms with E-state index in [9.17, 15) is 9.18 Å². The Morgan fingerprint density at radius 1 is 1.47 bits per heavy atom. The number of amides is 1. The second kappa shape index (κ2) is 6.02. The number of nitrogens with zero attached hydrogens (tertiary/aromatic N) is 1. The maximum atomic E-state index is 13.8. The number of methoxy groups -OCH3 is 1. The molecular formula is C14H21FN2O2. The van der Waals surface area contributed by atoms with Crippen molar-refractivity contribution in [3.05, 3.63) is 29.6 Å². The summed E-state index contributed by atoms with van der Waals surface area (Å²) in [5.74, 6) is -0.749. The summed E-state index contributed by atoms with van der Waals surface area (Å²) in [4.78, 5) is 13.8. The van der Waals surface area contributed by atoms with Gasteiger partial charge in [0, 0.05) is 13.6 Å². The van der Waals surface area contributed by atoms with Crippen LogP contribution in [0.15, 0.2) is 18.2 Å². The number of hydrogen-bond acceptors (Lipinski definition) is 3. The fraction of sp³-hybridized carbons (Fsp3) is 0.500. The van der Waals surface area contributed by atoms with E-state index < -0.39 is 11.7 Å². The summed E-state index contributed by atoms with van der Waals surface area (Å²) < 4.78 is 18.9. The molecule has 2 N–H and O–H groups in total. The minimum atomic E-state index is -0.582. The van der Waals surface area contributed by atoms with Gasteiger partial charge in [0.15, 0.2) is 0 Å². The molecule has 0 spiro atoms. The van der Waals surface area contributed by atoms with Crippen LogP contribution in [0.3, 0.4) is 0 Å². The maximum absolute atomic E-state index is 13.8. The number of rotatable bonds is 5.